The number of nitrogens with one attached hydrogen (secondary N) is 1. The fourth-order valence-electron chi connectivity index (χ4n) is 2.57. The lowest BCUT2D eigenvalue weighted by Crippen LogP contribution is -2.24. The maximum atomic E-state index is 13.3. The fourth-order valence-corrected chi connectivity index (χ4v) is 3.46. The SMILES string of the molecule is CS(=O)(=O)c1ccc(Oc2cc(C/C(N)=N/NN)cc(C(F)(F)F)c2)cc1C(F)(F)F. The van der Waals surface area contributed by atoms with Gasteiger partial charge in [-0.1, -0.05) is 0 Å². The van der Waals surface area contributed by atoms with Crippen LogP contribution in [0.2, 0.25) is 0 Å². The largest absolute Gasteiger partial charge is 0.457 e. The second-order valence-electron chi connectivity index (χ2n) is 6.30. The molecule has 0 amide bonds. The third-order valence-electron chi connectivity index (χ3n) is 3.78. The Hall–Kier alpha value is -3.00. The zero-order valence-electron chi connectivity index (χ0n) is 15.7. The molecule has 0 saturated heterocycles. The van der Waals surface area contributed by atoms with Crippen LogP contribution in [0.15, 0.2) is 46.4 Å². The van der Waals surface area contributed by atoms with Crippen molar-refractivity contribution in [3.63, 3.8) is 0 Å². The van der Waals surface area contributed by atoms with E-state index in [2.05, 4.69) is 5.10 Å². The lowest BCUT2D eigenvalue weighted by Gasteiger charge is -2.16. The third-order valence-corrected chi connectivity index (χ3v) is 4.93. The number of rotatable bonds is 6. The van der Waals surface area contributed by atoms with E-state index in [1.807, 2.05) is 5.53 Å². The molecule has 0 radical (unpaired) electrons. The van der Waals surface area contributed by atoms with Gasteiger partial charge in [-0.25, -0.2) is 19.8 Å². The van der Waals surface area contributed by atoms with Crippen LogP contribution in [0.25, 0.3) is 0 Å². The maximum absolute atomic E-state index is 13.3. The monoisotopic (exact) mass is 470 g/mol. The molecule has 0 bridgehead atoms. The van der Waals surface area contributed by atoms with E-state index in [9.17, 15) is 34.8 Å². The highest BCUT2D eigenvalue weighted by Crippen LogP contribution is 2.38. The number of hydrogen-bond donors (Lipinski definition) is 3. The molecule has 14 heteroatoms. The highest BCUT2D eigenvalue weighted by atomic mass is 32.2. The van der Waals surface area contributed by atoms with Gasteiger partial charge >= 0.3 is 12.4 Å². The van der Waals surface area contributed by atoms with Crippen molar-refractivity contribution in [1.82, 2.24) is 5.53 Å². The first-order chi connectivity index (χ1) is 14.1. The van der Waals surface area contributed by atoms with Gasteiger partial charge in [0.15, 0.2) is 9.84 Å². The molecule has 0 spiro atoms. The van der Waals surface area contributed by atoms with Crippen molar-refractivity contribution in [2.75, 3.05) is 6.26 Å². The number of halogens is 6. The average molecular weight is 470 g/mol. The Labute approximate surface area is 172 Å². The molecule has 0 fully saturated rings. The molecule has 0 aliphatic rings. The lowest BCUT2D eigenvalue weighted by molar-refractivity contribution is -0.140. The van der Waals surface area contributed by atoms with E-state index in [1.165, 1.54) is 0 Å². The first kappa shape index (κ1) is 24.3. The number of hydrogen-bond acceptors (Lipinski definition) is 6. The Morgan fingerprint density at radius 1 is 1.03 bits per heavy atom. The zero-order valence-corrected chi connectivity index (χ0v) is 16.5. The summed E-state index contributed by atoms with van der Waals surface area (Å²) in [4.78, 5) is -0.990. The Morgan fingerprint density at radius 3 is 2.19 bits per heavy atom. The molecule has 0 aliphatic heterocycles. The Bertz CT molecular complexity index is 1100. The fraction of sp³-hybridized carbons (Fsp3) is 0.235. The van der Waals surface area contributed by atoms with E-state index in [-0.39, 0.29) is 17.8 Å². The van der Waals surface area contributed by atoms with Crippen molar-refractivity contribution in [3.8, 4) is 11.5 Å². The topological polar surface area (TPSA) is 120 Å². The number of ether oxygens (including phenoxy) is 1. The van der Waals surface area contributed by atoms with Crippen LogP contribution in [-0.4, -0.2) is 20.5 Å². The summed E-state index contributed by atoms with van der Waals surface area (Å²) >= 11 is 0. The minimum Gasteiger partial charge on any atom is -0.457 e. The van der Waals surface area contributed by atoms with Crippen molar-refractivity contribution in [2.45, 2.75) is 23.7 Å². The number of amidine groups is 1. The maximum Gasteiger partial charge on any atom is 0.417 e. The van der Waals surface area contributed by atoms with Gasteiger partial charge < -0.3 is 10.5 Å². The molecule has 2 rings (SSSR count). The molecule has 0 aromatic heterocycles. The van der Waals surface area contributed by atoms with Crippen LogP contribution in [0.3, 0.4) is 0 Å². The van der Waals surface area contributed by atoms with Crippen molar-refractivity contribution in [2.24, 2.45) is 16.7 Å². The van der Waals surface area contributed by atoms with Crippen LogP contribution in [0.1, 0.15) is 16.7 Å². The average Bonchev–Trinajstić information content (AvgIpc) is 2.59. The minimum absolute atomic E-state index is 0.00914. The van der Waals surface area contributed by atoms with Gasteiger partial charge in [-0.3, -0.25) is 0 Å². The normalized spacial score (nSPS) is 13.2. The molecule has 0 unspecified atom stereocenters. The van der Waals surface area contributed by atoms with Gasteiger partial charge in [-0.2, -0.15) is 31.4 Å². The van der Waals surface area contributed by atoms with Crippen molar-refractivity contribution < 1.29 is 39.5 Å². The Balaban J connectivity index is 2.53. The third kappa shape index (κ3) is 6.49. The second kappa shape index (κ2) is 8.63. The van der Waals surface area contributed by atoms with Gasteiger partial charge in [0, 0.05) is 12.7 Å². The number of alkyl halides is 6. The number of nitrogens with two attached hydrogens (primary N) is 2. The summed E-state index contributed by atoms with van der Waals surface area (Å²) in [6, 6.07) is 4.42. The van der Waals surface area contributed by atoms with Crippen molar-refractivity contribution >= 4 is 15.7 Å². The van der Waals surface area contributed by atoms with Crippen molar-refractivity contribution in [1.29, 1.82) is 0 Å². The highest BCUT2D eigenvalue weighted by Gasteiger charge is 2.37. The molecule has 2 aromatic carbocycles. The molecule has 170 valence electrons. The van der Waals surface area contributed by atoms with E-state index in [1.54, 1.807) is 0 Å². The molecule has 0 atom stereocenters. The summed E-state index contributed by atoms with van der Waals surface area (Å²) in [5.74, 6) is 3.82. The molecule has 0 heterocycles. The van der Waals surface area contributed by atoms with E-state index in [0.717, 1.165) is 18.2 Å². The molecule has 31 heavy (non-hydrogen) atoms. The van der Waals surface area contributed by atoms with E-state index >= 15 is 0 Å². The predicted octanol–water partition coefficient (Wildman–Crippen LogP) is 3.20. The molecular weight excluding hydrogens is 454 g/mol. The van der Waals surface area contributed by atoms with Crippen molar-refractivity contribution in [3.05, 3.63) is 53.1 Å². The van der Waals surface area contributed by atoms with Gasteiger partial charge in [-0.05, 0) is 42.0 Å². The number of sulfone groups is 1. The minimum atomic E-state index is -5.04. The Morgan fingerprint density at radius 2 is 1.68 bits per heavy atom. The molecule has 7 nitrogen and oxygen atoms in total. The number of hydrazine groups is 1. The standard InChI is InChI=1S/C17H16F6N4O3S/c1-31(28,29)14-3-2-11(8-13(14)17(21,22)23)30-12-5-9(6-15(24)26-27-25)4-10(7-12)16(18,19)20/h2-5,7-8,27H,6,25H2,1H3,(H2,24,26). The lowest BCUT2D eigenvalue weighted by atomic mass is 10.1. The van der Waals surface area contributed by atoms with Crippen LogP contribution in [0.4, 0.5) is 26.3 Å². The first-order valence-electron chi connectivity index (χ1n) is 8.19. The van der Waals surface area contributed by atoms with E-state index < -0.39 is 49.7 Å². The van der Waals surface area contributed by atoms with Gasteiger partial charge in [0.05, 0.1) is 16.0 Å². The van der Waals surface area contributed by atoms with Gasteiger partial charge in [-0.15, -0.1) is 0 Å². The summed E-state index contributed by atoms with van der Waals surface area (Å²) in [5.41, 5.74) is 4.73. The summed E-state index contributed by atoms with van der Waals surface area (Å²) in [7, 11) is -4.23. The van der Waals surface area contributed by atoms with Crippen LogP contribution >= 0.6 is 0 Å². The smallest absolute Gasteiger partial charge is 0.417 e. The van der Waals surface area contributed by atoms with E-state index in [4.69, 9.17) is 16.3 Å². The molecule has 0 aliphatic carbocycles. The predicted molar refractivity (Wildman–Crippen MR) is 98.7 cm³/mol. The van der Waals surface area contributed by atoms with Crippen LogP contribution in [0.5, 0.6) is 11.5 Å². The van der Waals surface area contributed by atoms with Crippen LogP contribution in [0, 0.1) is 0 Å². The summed E-state index contributed by atoms with van der Waals surface area (Å²) < 4.78 is 108. The summed E-state index contributed by atoms with van der Waals surface area (Å²) in [5, 5.41) is 3.41. The van der Waals surface area contributed by atoms with Crippen LogP contribution in [-0.2, 0) is 28.6 Å². The van der Waals surface area contributed by atoms with Crippen LogP contribution < -0.4 is 21.8 Å². The number of benzene rings is 2. The Kier molecular flexibility index (Phi) is 6.75. The first-order valence-corrected chi connectivity index (χ1v) is 10.1. The number of hydrazone groups is 1. The van der Waals surface area contributed by atoms with E-state index in [0.29, 0.717) is 24.5 Å². The summed E-state index contributed by atoms with van der Waals surface area (Å²) in [6.07, 6.45) is -9.51. The number of nitrogens with zero attached hydrogens (tertiary/aromatic N) is 1. The summed E-state index contributed by atoms with van der Waals surface area (Å²) in [6.45, 7) is 0. The van der Waals surface area contributed by atoms with Gasteiger partial charge in [0.1, 0.15) is 17.3 Å². The molecule has 2 aromatic rings. The molecule has 0 saturated carbocycles. The molecule has 5 N–H and O–H groups in total. The quantitative estimate of drug-likeness (QED) is 0.196. The molecular formula is C17H16F6N4O3S. The highest BCUT2D eigenvalue weighted by molar-refractivity contribution is 7.90. The van der Waals surface area contributed by atoms with Gasteiger partial charge in [0.25, 0.3) is 0 Å². The second-order valence-corrected chi connectivity index (χ2v) is 8.29. The zero-order chi connectivity index (χ0) is 23.6. The van der Waals surface area contributed by atoms with Gasteiger partial charge in [0.2, 0.25) is 0 Å².